The highest BCUT2D eigenvalue weighted by Gasteiger charge is 2.30. The Morgan fingerprint density at radius 3 is 2.73 bits per heavy atom. The smallest absolute Gasteiger partial charge is 0.259 e. The molecule has 0 bridgehead atoms. The summed E-state index contributed by atoms with van der Waals surface area (Å²) in [4.78, 5) is 16.8. The molecule has 0 N–H and O–H groups in total. The van der Waals surface area contributed by atoms with Crippen LogP contribution in [-0.2, 0) is 16.2 Å². The summed E-state index contributed by atoms with van der Waals surface area (Å²) in [6.07, 6.45) is 0.813. The van der Waals surface area contributed by atoms with Crippen molar-refractivity contribution in [3.05, 3.63) is 35.9 Å². The lowest BCUT2D eigenvalue weighted by molar-refractivity contribution is -0.181. The highest BCUT2D eigenvalue weighted by atomic mass is 79.9. The first-order valence-electron chi connectivity index (χ1n) is 4.89. The predicted molar refractivity (Wildman–Crippen MR) is 60.3 cm³/mol. The molecule has 1 unspecified atom stereocenters. The van der Waals surface area contributed by atoms with Gasteiger partial charge in [0.15, 0.2) is 0 Å². The number of benzene rings is 1. The molecule has 1 heterocycles. The fraction of sp³-hybridized carbons (Fsp3) is 0.364. The molecule has 15 heavy (non-hydrogen) atoms. The topological polar surface area (TPSA) is 29.5 Å². The summed E-state index contributed by atoms with van der Waals surface area (Å²) in [6, 6.07) is 9.83. The van der Waals surface area contributed by atoms with Crippen LogP contribution in [0, 0.1) is 0 Å². The standard InChI is InChI=1S/C11H12BrNO2/c12-10-6-7-13(11(10)14)15-8-9-4-2-1-3-5-9/h1-5,10H,6-8H2. The molecular weight excluding hydrogens is 258 g/mol. The van der Waals surface area contributed by atoms with Crippen LogP contribution in [0.15, 0.2) is 30.3 Å². The van der Waals surface area contributed by atoms with Crippen molar-refractivity contribution in [3.63, 3.8) is 0 Å². The molecule has 0 aliphatic carbocycles. The molecule has 1 amide bonds. The van der Waals surface area contributed by atoms with Crippen molar-refractivity contribution in [1.29, 1.82) is 0 Å². The molecule has 0 saturated carbocycles. The lowest BCUT2D eigenvalue weighted by atomic mass is 10.2. The van der Waals surface area contributed by atoms with E-state index in [1.165, 1.54) is 5.06 Å². The van der Waals surface area contributed by atoms with Gasteiger partial charge in [0.2, 0.25) is 0 Å². The fourth-order valence-electron chi connectivity index (χ4n) is 1.48. The largest absolute Gasteiger partial charge is 0.271 e. The van der Waals surface area contributed by atoms with Crippen molar-refractivity contribution in [2.75, 3.05) is 6.54 Å². The van der Waals surface area contributed by atoms with E-state index in [-0.39, 0.29) is 10.7 Å². The predicted octanol–water partition coefficient (Wildman–Crippen LogP) is 2.11. The van der Waals surface area contributed by atoms with Gasteiger partial charge in [0, 0.05) is 0 Å². The second-order valence-corrected chi connectivity index (χ2v) is 4.56. The van der Waals surface area contributed by atoms with E-state index in [2.05, 4.69) is 15.9 Å². The number of hydroxylamine groups is 2. The summed E-state index contributed by atoms with van der Waals surface area (Å²) in [7, 11) is 0. The number of amides is 1. The Labute approximate surface area is 97.1 Å². The van der Waals surface area contributed by atoms with Gasteiger partial charge in [0.25, 0.3) is 5.91 Å². The zero-order chi connectivity index (χ0) is 10.7. The van der Waals surface area contributed by atoms with Crippen molar-refractivity contribution in [2.24, 2.45) is 0 Å². The Morgan fingerprint density at radius 1 is 1.40 bits per heavy atom. The molecule has 80 valence electrons. The second kappa shape index (κ2) is 4.77. The maximum Gasteiger partial charge on any atom is 0.259 e. The number of hydrogen-bond acceptors (Lipinski definition) is 2. The molecule has 0 spiro atoms. The summed E-state index contributed by atoms with van der Waals surface area (Å²) in [5, 5.41) is 1.44. The van der Waals surface area contributed by atoms with Gasteiger partial charge in [0.05, 0.1) is 11.4 Å². The summed E-state index contributed by atoms with van der Waals surface area (Å²) >= 11 is 3.30. The van der Waals surface area contributed by atoms with Crippen LogP contribution in [0.1, 0.15) is 12.0 Å². The summed E-state index contributed by atoms with van der Waals surface area (Å²) in [6.45, 7) is 1.12. The van der Waals surface area contributed by atoms with Gasteiger partial charge in [-0.15, -0.1) is 0 Å². The molecular formula is C11H12BrNO2. The molecule has 3 nitrogen and oxygen atoms in total. The zero-order valence-corrected chi connectivity index (χ0v) is 9.81. The van der Waals surface area contributed by atoms with Crippen LogP contribution in [-0.4, -0.2) is 22.3 Å². The van der Waals surface area contributed by atoms with Crippen molar-refractivity contribution in [3.8, 4) is 0 Å². The number of nitrogens with zero attached hydrogens (tertiary/aromatic N) is 1. The van der Waals surface area contributed by atoms with Crippen LogP contribution < -0.4 is 0 Å². The molecule has 1 fully saturated rings. The van der Waals surface area contributed by atoms with Crippen LogP contribution in [0.5, 0.6) is 0 Å². The normalized spacial score (nSPS) is 21.0. The van der Waals surface area contributed by atoms with Gasteiger partial charge in [-0.05, 0) is 12.0 Å². The SMILES string of the molecule is O=C1C(Br)CCN1OCc1ccccc1. The average molecular weight is 270 g/mol. The van der Waals surface area contributed by atoms with Crippen molar-refractivity contribution in [1.82, 2.24) is 5.06 Å². The monoisotopic (exact) mass is 269 g/mol. The third-order valence-corrected chi connectivity index (χ3v) is 3.18. The molecule has 1 aromatic carbocycles. The van der Waals surface area contributed by atoms with E-state index in [0.29, 0.717) is 13.2 Å². The van der Waals surface area contributed by atoms with Gasteiger partial charge < -0.3 is 0 Å². The van der Waals surface area contributed by atoms with Gasteiger partial charge >= 0.3 is 0 Å². The van der Waals surface area contributed by atoms with Gasteiger partial charge in [-0.25, -0.2) is 5.06 Å². The molecule has 1 aliphatic rings. The van der Waals surface area contributed by atoms with Crippen LogP contribution >= 0.6 is 15.9 Å². The number of rotatable bonds is 3. The highest BCUT2D eigenvalue weighted by Crippen LogP contribution is 2.19. The van der Waals surface area contributed by atoms with E-state index in [4.69, 9.17) is 4.84 Å². The number of carbonyl (C=O) groups is 1. The van der Waals surface area contributed by atoms with E-state index in [0.717, 1.165) is 12.0 Å². The maximum absolute atomic E-state index is 11.5. The Hall–Kier alpha value is -0.870. The van der Waals surface area contributed by atoms with E-state index in [1.54, 1.807) is 0 Å². The van der Waals surface area contributed by atoms with Gasteiger partial charge in [-0.2, -0.15) is 0 Å². The molecule has 1 aromatic rings. The molecule has 2 rings (SSSR count). The zero-order valence-electron chi connectivity index (χ0n) is 8.23. The Bertz CT molecular complexity index is 342. The maximum atomic E-state index is 11.5. The van der Waals surface area contributed by atoms with Crippen LogP contribution in [0.3, 0.4) is 0 Å². The van der Waals surface area contributed by atoms with Gasteiger partial charge in [0.1, 0.15) is 6.61 Å². The van der Waals surface area contributed by atoms with E-state index in [9.17, 15) is 4.79 Å². The highest BCUT2D eigenvalue weighted by molar-refractivity contribution is 9.10. The molecule has 4 heteroatoms. The van der Waals surface area contributed by atoms with Crippen molar-refractivity contribution < 1.29 is 9.63 Å². The first-order valence-corrected chi connectivity index (χ1v) is 5.81. The Kier molecular flexibility index (Phi) is 3.38. The van der Waals surface area contributed by atoms with Crippen LogP contribution in [0.25, 0.3) is 0 Å². The summed E-state index contributed by atoms with van der Waals surface area (Å²) in [5.41, 5.74) is 1.07. The molecule has 1 atom stereocenters. The Balaban J connectivity index is 1.87. The number of hydrogen-bond donors (Lipinski definition) is 0. The minimum Gasteiger partial charge on any atom is -0.271 e. The van der Waals surface area contributed by atoms with Crippen molar-refractivity contribution >= 4 is 21.8 Å². The van der Waals surface area contributed by atoms with Gasteiger partial charge in [-0.3, -0.25) is 9.63 Å². The van der Waals surface area contributed by atoms with Crippen molar-refractivity contribution in [2.45, 2.75) is 17.9 Å². The molecule has 1 aliphatic heterocycles. The molecule has 1 saturated heterocycles. The first kappa shape index (κ1) is 10.6. The number of halogens is 1. The lowest BCUT2D eigenvalue weighted by Crippen LogP contribution is -2.27. The Morgan fingerprint density at radius 2 is 2.13 bits per heavy atom. The van der Waals surface area contributed by atoms with E-state index in [1.807, 2.05) is 30.3 Å². The summed E-state index contributed by atoms with van der Waals surface area (Å²) < 4.78 is 0. The van der Waals surface area contributed by atoms with Crippen LogP contribution in [0.2, 0.25) is 0 Å². The molecule has 0 aromatic heterocycles. The lowest BCUT2D eigenvalue weighted by Gasteiger charge is -2.15. The number of alkyl halides is 1. The first-order chi connectivity index (χ1) is 7.27. The van der Waals surface area contributed by atoms with Gasteiger partial charge in [-0.1, -0.05) is 46.3 Å². The summed E-state index contributed by atoms with van der Waals surface area (Å²) in [5.74, 6) is 0.0194. The van der Waals surface area contributed by atoms with E-state index < -0.39 is 0 Å². The number of carbonyl (C=O) groups excluding carboxylic acids is 1. The minimum absolute atomic E-state index is 0.0194. The van der Waals surface area contributed by atoms with E-state index >= 15 is 0 Å². The average Bonchev–Trinajstić information content (AvgIpc) is 2.59. The van der Waals surface area contributed by atoms with Crippen LogP contribution in [0.4, 0.5) is 0 Å². The third kappa shape index (κ3) is 2.58. The minimum atomic E-state index is -0.0757. The molecule has 0 radical (unpaired) electrons. The quantitative estimate of drug-likeness (QED) is 0.787. The third-order valence-electron chi connectivity index (χ3n) is 2.33. The fourth-order valence-corrected chi connectivity index (χ4v) is 1.91. The second-order valence-electron chi connectivity index (χ2n) is 3.46.